The van der Waals surface area contributed by atoms with Gasteiger partial charge in [-0.1, -0.05) is 25.1 Å². The highest BCUT2D eigenvalue weighted by atomic mass is 16.5. The minimum atomic E-state index is 0.238. The Hall–Kier alpha value is -1.32. The number of benzene rings is 1. The summed E-state index contributed by atoms with van der Waals surface area (Å²) in [6.07, 6.45) is 6.84. The molecule has 20 heavy (non-hydrogen) atoms. The molecule has 0 radical (unpaired) electrons. The van der Waals surface area contributed by atoms with Crippen LogP contribution in [0, 0.1) is 5.92 Å². The monoisotopic (exact) mass is 272 g/mol. The summed E-state index contributed by atoms with van der Waals surface area (Å²) >= 11 is 0. The minimum absolute atomic E-state index is 0.238. The first-order valence-electron chi connectivity index (χ1n) is 7.68. The topological polar surface area (TPSA) is 40.2 Å². The molecule has 3 nitrogen and oxygen atoms in total. The molecule has 0 saturated heterocycles. The van der Waals surface area contributed by atoms with Crippen LogP contribution in [0.4, 0.5) is 0 Å². The molecule has 1 atom stereocenters. The van der Waals surface area contributed by atoms with Gasteiger partial charge in [-0.15, -0.1) is 0 Å². The van der Waals surface area contributed by atoms with Crippen molar-refractivity contribution in [2.24, 2.45) is 11.7 Å². The third-order valence-electron chi connectivity index (χ3n) is 4.16. The molecule has 0 aliphatic heterocycles. The number of aromatic nitrogens is 1. The van der Waals surface area contributed by atoms with Crippen LogP contribution in [-0.4, -0.2) is 17.2 Å². The van der Waals surface area contributed by atoms with Crippen molar-refractivity contribution in [3.05, 3.63) is 36.0 Å². The summed E-state index contributed by atoms with van der Waals surface area (Å²) in [4.78, 5) is 0. The van der Waals surface area contributed by atoms with Crippen LogP contribution < -0.4 is 5.73 Å². The van der Waals surface area contributed by atoms with Crippen molar-refractivity contribution in [2.45, 2.75) is 45.4 Å². The fourth-order valence-corrected chi connectivity index (χ4v) is 2.62. The Balaban J connectivity index is 1.79. The summed E-state index contributed by atoms with van der Waals surface area (Å²) in [5.41, 5.74) is 8.70. The van der Waals surface area contributed by atoms with E-state index in [1.807, 2.05) is 0 Å². The third kappa shape index (κ3) is 3.05. The molecule has 1 fully saturated rings. The summed E-state index contributed by atoms with van der Waals surface area (Å²) in [7, 11) is 0. The van der Waals surface area contributed by atoms with Crippen molar-refractivity contribution in [3.63, 3.8) is 0 Å². The van der Waals surface area contributed by atoms with Crippen molar-refractivity contribution in [2.75, 3.05) is 6.61 Å². The van der Waals surface area contributed by atoms with Gasteiger partial charge in [0.15, 0.2) is 0 Å². The van der Waals surface area contributed by atoms with Crippen molar-refractivity contribution in [1.82, 2.24) is 4.57 Å². The average molecular weight is 272 g/mol. The molecule has 108 valence electrons. The van der Waals surface area contributed by atoms with Crippen LogP contribution in [0.25, 0.3) is 10.9 Å². The first-order valence-corrected chi connectivity index (χ1v) is 7.68. The Morgan fingerprint density at radius 2 is 2.15 bits per heavy atom. The molecule has 1 aromatic heterocycles. The van der Waals surface area contributed by atoms with Gasteiger partial charge in [0.25, 0.3) is 0 Å². The molecule has 3 rings (SSSR count). The fourth-order valence-electron chi connectivity index (χ4n) is 2.62. The first-order chi connectivity index (χ1) is 9.78. The van der Waals surface area contributed by atoms with Crippen LogP contribution in [0.1, 0.15) is 31.7 Å². The standard InChI is InChI=1S/C17H24N2O/c1-2-15(18)9-14-10-19(12-20-11-13-7-8-13)17-6-4-3-5-16(14)17/h3-6,10,13,15H,2,7-9,11-12,18H2,1H3. The number of hydrogen-bond donors (Lipinski definition) is 1. The lowest BCUT2D eigenvalue weighted by atomic mass is 10.0. The van der Waals surface area contributed by atoms with Gasteiger partial charge in [-0.2, -0.15) is 0 Å². The van der Waals surface area contributed by atoms with Crippen molar-refractivity contribution in [1.29, 1.82) is 0 Å². The summed E-state index contributed by atoms with van der Waals surface area (Å²) in [5.74, 6) is 0.810. The molecule has 2 aromatic rings. The van der Waals surface area contributed by atoms with Gasteiger partial charge in [-0.25, -0.2) is 0 Å². The molecular formula is C17H24N2O. The van der Waals surface area contributed by atoms with Gasteiger partial charge < -0.3 is 15.0 Å². The Labute approximate surface area is 120 Å². The lowest BCUT2D eigenvalue weighted by Crippen LogP contribution is -2.21. The molecule has 1 aliphatic carbocycles. The maximum Gasteiger partial charge on any atom is 0.122 e. The summed E-state index contributed by atoms with van der Waals surface area (Å²) in [5, 5.41) is 1.31. The maximum absolute atomic E-state index is 6.11. The number of ether oxygens (including phenoxy) is 1. The molecule has 0 spiro atoms. The van der Waals surface area contributed by atoms with Gasteiger partial charge in [-0.3, -0.25) is 0 Å². The molecule has 1 aliphatic rings. The highest BCUT2D eigenvalue weighted by molar-refractivity contribution is 5.84. The van der Waals surface area contributed by atoms with Crippen molar-refractivity contribution in [3.8, 4) is 0 Å². The molecule has 2 N–H and O–H groups in total. The van der Waals surface area contributed by atoms with Crippen LogP contribution in [0.2, 0.25) is 0 Å². The van der Waals surface area contributed by atoms with E-state index in [2.05, 4.69) is 42.0 Å². The molecule has 0 bridgehead atoms. The lowest BCUT2D eigenvalue weighted by molar-refractivity contribution is 0.0717. The normalized spacial score (nSPS) is 16.7. The highest BCUT2D eigenvalue weighted by Crippen LogP contribution is 2.29. The quantitative estimate of drug-likeness (QED) is 0.840. The van der Waals surface area contributed by atoms with E-state index < -0.39 is 0 Å². The maximum atomic E-state index is 6.11. The average Bonchev–Trinajstić information content (AvgIpc) is 3.23. The van der Waals surface area contributed by atoms with E-state index in [9.17, 15) is 0 Å². The number of nitrogens with zero attached hydrogens (tertiary/aromatic N) is 1. The Morgan fingerprint density at radius 1 is 1.35 bits per heavy atom. The van der Waals surface area contributed by atoms with Crippen LogP contribution in [-0.2, 0) is 17.9 Å². The second-order valence-electron chi connectivity index (χ2n) is 5.96. The highest BCUT2D eigenvalue weighted by Gasteiger charge is 2.21. The van der Waals surface area contributed by atoms with E-state index in [1.54, 1.807) is 0 Å². The van der Waals surface area contributed by atoms with Gasteiger partial charge in [0, 0.05) is 17.6 Å². The third-order valence-corrected chi connectivity index (χ3v) is 4.16. The zero-order chi connectivity index (χ0) is 13.9. The second kappa shape index (κ2) is 5.98. The van der Waals surface area contributed by atoms with E-state index in [4.69, 9.17) is 10.5 Å². The number of fused-ring (bicyclic) bond motifs is 1. The van der Waals surface area contributed by atoms with Gasteiger partial charge >= 0.3 is 0 Å². The summed E-state index contributed by atoms with van der Waals surface area (Å²) in [6.45, 7) is 3.69. The predicted octanol–water partition coefficient (Wildman–Crippen LogP) is 3.31. The molecule has 1 saturated carbocycles. The van der Waals surface area contributed by atoms with Crippen molar-refractivity contribution >= 4 is 10.9 Å². The number of para-hydroxylation sites is 1. The molecule has 0 amide bonds. The van der Waals surface area contributed by atoms with Crippen LogP contribution in [0.5, 0.6) is 0 Å². The van der Waals surface area contributed by atoms with Crippen LogP contribution in [0.15, 0.2) is 30.5 Å². The van der Waals surface area contributed by atoms with E-state index in [0.717, 1.165) is 25.4 Å². The molecule has 1 unspecified atom stereocenters. The molecule has 1 heterocycles. The Morgan fingerprint density at radius 3 is 2.90 bits per heavy atom. The SMILES string of the molecule is CCC(N)Cc1cn(COCC2CC2)c2ccccc12. The largest absolute Gasteiger partial charge is 0.360 e. The summed E-state index contributed by atoms with van der Waals surface area (Å²) in [6, 6.07) is 8.77. The van der Waals surface area contributed by atoms with Gasteiger partial charge in [0.2, 0.25) is 0 Å². The van der Waals surface area contributed by atoms with Gasteiger partial charge in [0.05, 0.1) is 12.1 Å². The van der Waals surface area contributed by atoms with E-state index in [1.165, 1.54) is 29.3 Å². The molecular weight excluding hydrogens is 248 g/mol. The fraction of sp³-hybridized carbons (Fsp3) is 0.529. The van der Waals surface area contributed by atoms with Crippen LogP contribution in [0.3, 0.4) is 0 Å². The minimum Gasteiger partial charge on any atom is -0.360 e. The summed E-state index contributed by atoms with van der Waals surface area (Å²) < 4.78 is 8.05. The van der Waals surface area contributed by atoms with Crippen LogP contribution >= 0.6 is 0 Å². The van der Waals surface area contributed by atoms with Gasteiger partial charge in [0.1, 0.15) is 6.73 Å². The molecule has 3 heteroatoms. The van der Waals surface area contributed by atoms with E-state index in [-0.39, 0.29) is 6.04 Å². The Bertz CT molecular complexity index is 571. The number of nitrogens with two attached hydrogens (primary N) is 1. The predicted molar refractivity (Wildman–Crippen MR) is 82.6 cm³/mol. The zero-order valence-electron chi connectivity index (χ0n) is 12.2. The zero-order valence-corrected chi connectivity index (χ0v) is 12.2. The molecule has 1 aromatic carbocycles. The van der Waals surface area contributed by atoms with E-state index >= 15 is 0 Å². The Kier molecular flexibility index (Phi) is 4.08. The number of rotatable bonds is 7. The van der Waals surface area contributed by atoms with Crippen molar-refractivity contribution < 1.29 is 4.74 Å². The smallest absolute Gasteiger partial charge is 0.122 e. The van der Waals surface area contributed by atoms with Gasteiger partial charge in [-0.05, 0) is 43.2 Å². The second-order valence-corrected chi connectivity index (χ2v) is 5.96. The number of hydrogen-bond acceptors (Lipinski definition) is 2. The first kappa shape index (κ1) is 13.7. The lowest BCUT2D eigenvalue weighted by Gasteiger charge is -2.07. The van der Waals surface area contributed by atoms with E-state index in [0.29, 0.717) is 6.73 Å².